The number of para-hydroxylation sites is 1. The number of fused-ring (bicyclic) bond motifs is 1. The average Bonchev–Trinajstić information content (AvgIpc) is 2.47. The molecule has 3 rings (SSSR count). The predicted molar refractivity (Wildman–Crippen MR) is 78.1 cm³/mol. The Bertz CT molecular complexity index is 772. The quantitative estimate of drug-likeness (QED) is 0.576. The molecule has 5 heteroatoms. The lowest BCUT2D eigenvalue weighted by molar-refractivity contribution is -0.382. The highest BCUT2D eigenvalue weighted by Crippen LogP contribution is 2.34. The molecular weight excluding hydrogens is 254 g/mol. The van der Waals surface area contributed by atoms with Crippen LogP contribution < -0.4 is 5.32 Å². The van der Waals surface area contributed by atoms with Crippen molar-refractivity contribution in [1.82, 2.24) is 4.98 Å². The van der Waals surface area contributed by atoms with E-state index < -0.39 is 0 Å². The summed E-state index contributed by atoms with van der Waals surface area (Å²) in [5.41, 5.74) is 1.91. The summed E-state index contributed by atoms with van der Waals surface area (Å²) in [5.74, 6) is 0. The predicted octanol–water partition coefficient (Wildman–Crippen LogP) is 3.89. The fraction of sp³-hybridized carbons (Fsp3) is 0. The Morgan fingerprint density at radius 3 is 2.55 bits per heavy atom. The Morgan fingerprint density at radius 1 is 1.00 bits per heavy atom. The molecule has 98 valence electrons. The first-order chi connectivity index (χ1) is 9.75. The molecule has 20 heavy (non-hydrogen) atoms. The summed E-state index contributed by atoms with van der Waals surface area (Å²) in [4.78, 5) is 15.1. The van der Waals surface area contributed by atoms with E-state index in [-0.39, 0.29) is 10.6 Å². The number of anilines is 2. The average molecular weight is 265 g/mol. The molecule has 0 bridgehead atoms. The van der Waals surface area contributed by atoms with E-state index in [4.69, 9.17) is 0 Å². The molecule has 1 N–H and O–H groups in total. The molecule has 0 aliphatic carbocycles. The van der Waals surface area contributed by atoms with Crippen molar-refractivity contribution >= 4 is 28.0 Å². The molecule has 0 spiro atoms. The van der Waals surface area contributed by atoms with Gasteiger partial charge in [-0.05, 0) is 36.4 Å². The van der Waals surface area contributed by atoms with Crippen molar-refractivity contribution in [2.45, 2.75) is 0 Å². The Balaban J connectivity index is 2.15. The lowest BCUT2D eigenvalue weighted by Gasteiger charge is -2.08. The zero-order valence-electron chi connectivity index (χ0n) is 10.5. The fourth-order valence-corrected chi connectivity index (χ4v) is 2.11. The van der Waals surface area contributed by atoms with Crippen LogP contribution in [0.3, 0.4) is 0 Å². The van der Waals surface area contributed by atoms with Crippen molar-refractivity contribution in [2.24, 2.45) is 0 Å². The van der Waals surface area contributed by atoms with Gasteiger partial charge >= 0.3 is 5.69 Å². The van der Waals surface area contributed by atoms with E-state index in [0.717, 1.165) is 5.69 Å². The zero-order chi connectivity index (χ0) is 13.9. The van der Waals surface area contributed by atoms with Gasteiger partial charge in [0.25, 0.3) is 0 Å². The van der Waals surface area contributed by atoms with Gasteiger partial charge in [0.05, 0.1) is 15.8 Å². The van der Waals surface area contributed by atoms with E-state index in [1.165, 1.54) is 0 Å². The third-order valence-electron chi connectivity index (χ3n) is 2.99. The second kappa shape index (κ2) is 4.97. The molecule has 0 amide bonds. The first-order valence-corrected chi connectivity index (χ1v) is 6.10. The van der Waals surface area contributed by atoms with E-state index in [2.05, 4.69) is 10.3 Å². The van der Waals surface area contributed by atoms with Gasteiger partial charge in [-0.2, -0.15) is 0 Å². The van der Waals surface area contributed by atoms with Gasteiger partial charge in [-0.3, -0.25) is 15.1 Å². The molecule has 1 heterocycles. The number of aromatic nitrogens is 1. The van der Waals surface area contributed by atoms with Gasteiger partial charge in [0.2, 0.25) is 0 Å². The second-order valence-corrected chi connectivity index (χ2v) is 4.28. The van der Waals surface area contributed by atoms with E-state index >= 15 is 0 Å². The van der Waals surface area contributed by atoms with Crippen LogP contribution in [0.2, 0.25) is 0 Å². The summed E-state index contributed by atoms with van der Waals surface area (Å²) >= 11 is 0. The van der Waals surface area contributed by atoms with Gasteiger partial charge in [-0.1, -0.05) is 18.2 Å². The second-order valence-electron chi connectivity index (χ2n) is 4.28. The zero-order valence-corrected chi connectivity index (χ0v) is 10.5. The molecular formula is C15H11N3O2. The van der Waals surface area contributed by atoms with Crippen molar-refractivity contribution in [3.05, 3.63) is 70.9 Å². The first-order valence-electron chi connectivity index (χ1n) is 6.10. The Morgan fingerprint density at radius 2 is 1.80 bits per heavy atom. The van der Waals surface area contributed by atoms with Crippen molar-refractivity contribution in [3.63, 3.8) is 0 Å². The number of benzene rings is 2. The van der Waals surface area contributed by atoms with E-state index in [1.54, 1.807) is 30.5 Å². The summed E-state index contributed by atoms with van der Waals surface area (Å²) in [5, 5.41) is 15.0. The largest absolute Gasteiger partial charge is 0.350 e. The summed E-state index contributed by atoms with van der Waals surface area (Å²) in [7, 11) is 0. The summed E-state index contributed by atoms with van der Waals surface area (Å²) in [6.07, 6.45) is 1.62. The Hall–Kier alpha value is -2.95. The third kappa shape index (κ3) is 2.16. The van der Waals surface area contributed by atoms with Gasteiger partial charge in [0, 0.05) is 11.9 Å². The normalized spacial score (nSPS) is 10.4. The number of nitrogens with zero attached hydrogens (tertiary/aromatic N) is 2. The van der Waals surface area contributed by atoms with Gasteiger partial charge in [0.15, 0.2) is 0 Å². The van der Waals surface area contributed by atoms with E-state index in [9.17, 15) is 10.1 Å². The topological polar surface area (TPSA) is 68.1 Å². The molecule has 0 aliphatic heterocycles. The molecule has 1 aromatic heterocycles. The van der Waals surface area contributed by atoms with Crippen LogP contribution in [0, 0.1) is 10.1 Å². The van der Waals surface area contributed by atoms with Crippen molar-refractivity contribution in [2.75, 3.05) is 5.32 Å². The van der Waals surface area contributed by atoms with Gasteiger partial charge in [0.1, 0.15) is 5.69 Å². The van der Waals surface area contributed by atoms with E-state index in [0.29, 0.717) is 16.6 Å². The number of pyridine rings is 1. The number of nitrogens with one attached hydrogen (secondary N) is 1. The standard InChI is InChI=1S/C15H11N3O2/c19-18(20)15-12-7-4-10-16-13(12)8-9-14(15)17-11-5-2-1-3-6-11/h1-10,17H. The molecule has 0 aliphatic rings. The summed E-state index contributed by atoms with van der Waals surface area (Å²) in [6, 6.07) is 16.2. The number of rotatable bonds is 3. The lowest BCUT2D eigenvalue weighted by atomic mass is 10.1. The Labute approximate surface area is 115 Å². The summed E-state index contributed by atoms with van der Waals surface area (Å²) in [6.45, 7) is 0. The minimum absolute atomic E-state index is 0.0412. The molecule has 0 saturated heterocycles. The van der Waals surface area contributed by atoms with Gasteiger partial charge < -0.3 is 5.32 Å². The van der Waals surface area contributed by atoms with Crippen LogP contribution in [0.1, 0.15) is 0 Å². The van der Waals surface area contributed by atoms with Crippen LogP contribution >= 0.6 is 0 Å². The van der Waals surface area contributed by atoms with Crippen LogP contribution in [-0.2, 0) is 0 Å². The first kappa shape index (κ1) is 12.1. The molecule has 0 fully saturated rings. The molecule has 5 nitrogen and oxygen atoms in total. The molecule has 0 saturated carbocycles. The van der Waals surface area contributed by atoms with Crippen LogP contribution in [-0.4, -0.2) is 9.91 Å². The fourth-order valence-electron chi connectivity index (χ4n) is 2.11. The molecule has 0 unspecified atom stereocenters. The van der Waals surface area contributed by atoms with Gasteiger partial charge in [-0.15, -0.1) is 0 Å². The minimum atomic E-state index is -0.380. The van der Waals surface area contributed by atoms with Crippen molar-refractivity contribution in [3.8, 4) is 0 Å². The molecule has 3 aromatic rings. The van der Waals surface area contributed by atoms with Gasteiger partial charge in [-0.25, -0.2) is 0 Å². The van der Waals surface area contributed by atoms with Crippen LogP contribution in [0.5, 0.6) is 0 Å². The third-order valence-corrected chi connectivity index (χ3v) is 2.99. The maximum absolute atomic E-state index is 11.4. The molecule has 0 atom stereocenters. The highest BCUT2D eigenvalue weighted by molar-refractivity contribution is 5.95. The number of hydrogen-bond acceptors (Lipinski definition) is 4. The minimum Gasteiger partial charge on any atom is -0.350 e. The highest BCUT2D eigenvalue weighted by atomic mass is 16.6. The number of nitro benzene ring substituents is 1. The maximum atomic E-state index is 11.4. The van der Waals surface area contributed by atoms with Crippen LogP contribution in [0.15, 0.2) is 60.8 Å². The monoisotopic (exact) mass is 265 g/mol. The summed E-state index contributed by atoms with van der Waals surface area (Å²) < 4.78 is 0. The highest BCUT2D eigenvalue weighted by Gasteiger charge is 2.18. The number of hydrogen-bond donors (Lipinski definition) is 1. The van der Waals surface area contributed by atoms with E-state index in [1.807, 2.05) is 30.3 Å². The van der Waals surface area contributed by atoms with Crippen LogP contribution in [0.4, 0.5) is 17.1 Å². The molecule has 2 aromatic carbocycles. The Kier molecular flexibility index (Phi) is 3.01. The smallest absolute Gasteiger partial charge is 0.301 e. The van der Waals surface area contributed by atoms with Crippen molar-refractivity contribution < 1.29 is 4.92 Å². The van der Waals surface area contributed by atoms with Crippen LogP contribution in [0.25, 0.3) is 10.9 Å². The lowest BCUT2D eigenvalue weighted by Crippen LogP contribution is -1.98. The SMILES string of the molecule is O=[N+]([O-])c1c(Nc2ccccc2)ccc2ncccc12. The van der Waals surface area contributed by atoms with Crippen molar-refractivity contribution in [1.29, 1.82) is 0 Å². The molecule has 0 radical (unpaired) electrons. The number of nitro groups is 1. The maximum Gasteiger partial charge on any atom is 0.301 e.